The zero-order chi connectivity index (χ0) is 56.9. The summed E-state index contributed by atoms with van der Waals surface area (Å²) in [7, 11) is 0. The van der Waals surface area contributed by atoms with Gasteiger partial charge in [0.05, 0.1) is 20.8 Å². The van der Waals surface area contributed by atoms with E-state index in [0.29, 0.717) is 22.5 Å². The Morgan fingerprint density at radius 2 is 1.28 bits per heavy atom. The molecule has 4 nitrogen and oxygen atoms in total. The van der Waals surface area contributed by atoms with Gasteiger partial charge in [0, 0.05) is 78.3 Å². The van der Waals surface area contributed by atoms with E-state index in [1.807, 2.05) is 46.4 Å². The molecule has 0 amide bonds. The van der Waals surface area contributed by atoms with Gasteiger partial charge in [-0.2, -0.15) is 0 Å². The minimum Gasteiger partial charge on any atom is -0.460 e. The van der Waals surface area contributed by atoms with Crippen LogP contribution in [-0.4, -0.2) is 16.8 Å². The van der Waals surface area contributed by atoms with Gasteiger partial charge < -0.3 is 18.8 Å². The average Bonchev–Trinajstić information content (AvgIpc) is 2.31. The van der Waals surface area contributed by atoms with Crippen LogP contribution in [0.5, 0.6) is 0 Å². The summed E-state index contributed by atoms with van der Waals surface area (Å²) in [5.74, 6) is 0.371. The van der Waals surface area contributed by atoms with Gasteiger partial charge in [-0.05, 0) is 128 Å². The van der Waals surface area contributed by atoms with E-state index >= 15 is 0 Å². The predicted molar refractivity (Wildman–Crippen MR) is 308 cm³/mol. The Morgan fingerprint density at radius 3 is 1.97 bits per heavy atom. The van der Waals surface area contributed by atoms with Crippen LogP contribution in [0, 0.1) is 0 Å². The van der Waals surface area contributed by atoms with E-state index in [1.165, 1.54) is 22.3 Å². The molecule has 2 atom stereocenters. The van der Waals surface area contributed by atoms with Crippen LogP contribution >= 0.6 is 0 Å². The summed E-state index contributed by atoms with van der Waals surface area (Å²) in [5.41, 5.74) is 13.4. The molecule has 0 bridgehead atoms. The van der Waals surface area contributed by atoms with Crippen molar-refractivity contribution in [3.05, 3.63) is 148 Å². The first-order valence-corrected chi connectivity index (χ1v) is 26.6. The quantitative estimate of drug-likeness (QED) is 0.161. The standard InChI is InChI=1S/C67H74BN3O/c1-61(2,3)40-23-26-43(27-24-40)69-52-38-55-39(32-56(72-55)64(10,11)12)31-49(52)68-50-35-42(63(7,8)9)33-46-57-60(45-21-17-18-22-47(45)65(57,13)14)70(59(46)50)54-37-44(36-53(69)58(54)68)71-51-28-25-41(62(4,5)6)34-48(51)66(15)29-19-20-30-67(66,71)16/h17-18,21-28,31-38H,19-20,29-30H2,1-16H3/i23D,24D,26D,27D,31D,32D,38D. The minimum atomic E-state index is -0.734. The second kappa shape index (κ2) is 14.2. The zero-order valence-electron chi connectivity index (χ0n) is 52.5. The number of benzene rings is 6. The maximum atomic E-state index is 10.7. The van der Waals surface area contributed by atoms with E-state index in [0.717, 1.165) is 81.4 Å². The summed E-state index contributed by atoms with van der Waals surface area (Å²) in [6.45, 7) is 34.2. The first kappa shape index (κ1) is 38.7. The molecule has 1 saturated carbocycles. The Kier molecular flexibility index (Phi) is 7.63. The van der Waals surface area contributed by atoms with Crippen LogP contribution < -0.4 is 26.2 Å². The van der Waals surface area contributed by atoms with Crippen molar-refractivity contribution in [2.75, 3.05) is 9.80 Å². The molecule has 0 saturated heterocycles. The monoisotopic (exact) mass is 955 g/mol. The number of nitrogens with zero attached hydrogens (tertiary/aromatic N) is 3. The second-order valence-electron chi connectivity index (χ2n) is 27.2. The fourth-order valence-electron chi connectivity index (χ4n) is 13.8. The van der Waals surface area contributed by atoms with Crippen LogP contribution in [0.15, 0.2) is 113 Å². The molecule has 2 unspecified atom stereocenters. The van der Waals surface area contributed by atoms with E-state index in [2.05, 4.69) is 145 Å². The van der Waals surface area contributed by atoms with Crippen LogP contribution in [0.4, 0.5) is 28.4 Å². The summed E-state index contributed by atoms with van der Waals surface area (Å²) >= 11 is 0. The molecule has 72 heavy (non-hydrogen) atoms. The zero-order valence-corrected chi connectivity index (χ0v) is 45.5. The van der Waals surface area contributed by atoms with Crippen molar-refractivity contribution in [1.82, 2.24) is 4.57 Å². The van der Waals surface area contributed by atoms with Gasteiger partial charge in [0.2, 0.25) is 0 Å². The fraction of sp³-hybridized carbons (Fsp3) is 0.403. The van der Waals surface area contributed by atoms with E-state index in [1.54, 1.807) is 0 Å². The molecule has 0 N–H and O–H groups in total. The van der Waals surface area contributed by atoms with Gasteiger partial charge in [-0.1, -0.05) is 177 Å². The molecule has 2 aromatic heterocycles. The van der Waals surface area contributed by atoms with Crippen molar-refractivity contribution in [1.29, 1.82) is 0 Å². The van der Waals surface area contributed by atoms with Crippen LogP contribution in [0.25, 0.3) is 38.8 Å². The number of aromatic nitrogens is 1. The molecule has 13 rings (SSSR count). The molecule has 2 aliphatic carbocycles. The Hall–Kier alpha value is -5.94. The molecule has 0 spiro atoms. The summed E-state index contributed by atoms with van der Waals surface area (Å²) in [6, 6.07) is 24.6. The molecule has 5 heterocycles. The highest BCUT2D eigenvalue weighted by Gasteiger charge is 2.58. The third-order valence-corrected chi connectivity index (χ3v) is 18.1. The first-order chi connectivity index (χ1) is 36.7. The van der Waals surface area contributed by atoms with Crippen molar-refractivity contribution >= 4 is 73.4 Å². The lowest BCUT2D eigenvalue weighted by atomic mass is 9.33. The summed E-state index contributed by atoms with van der Waals surface area (Å²) in [5, 5.41) is 1.40. The lowest BCUT2D eigenvalue weighted by Crippen LogP contribution is -2.61. The SMILES string of the molecule is [2H]c1c([2H])c(C(C)(C)C)c([2H])c([2H])c1N1c2cc(N3c4ccc(C(C)(C)C)cc4C4(C)CCCCC34C)cc3c2B(c2c1c([2H])c1oc(C(C)(C)C)c([2H])c1c2[2H])c1cc(C(C)(C)C)cc2c4c(n-3c12)-c1ccccc1C4(C)C. The lowest BCUT2D eigenvalue weighted by Gasteiger charge is -2.51. The summed E-state index contributed by atoms with van der Waals surface area (Å²) in [6.07, 6.45) is 4.15. The van der Waals surface area contributed by atoms with Gasteiger partial charge in [0.1, 0.15) is 11.3 Å². The Labute approximate surface area is 439 Å². The first-order valence-electron chi connectivity index (χ1n) is 30.1. The molecule has 366 valence electrons. The van der Waals surface area contributed by atoms with Crippen LogP contribution in [-0.2, 0) is 32.5 Å². The molecule has 8 aromatic rings. The van der Waals surface area contributed by atoms with E-state index in [9.17, 15) is 9.60 Å². The smallest absolute Gasteiger partial charge is 0.252 e. The summed E-state index contributed by atoms with van der Waals surface area (Å²) < 4.78 is 80.4. The van der Waals surface area contributed by atoms with Gasteiger partial charge in [0.25, 0.3) is 6.71 Å². The van der Waals surface area contributed by atoms with Gasteiger partial charge in [-0.25, -0.2) is 0 Å². The van der Waals surface area contributed by atoms with E-state index in [4.69, 9.17) is 4.42 Å². The number of furan rings is 1. The maximum absolute atomic E-state index is 10.7. The summed E-state index contributed by atoms with van der Waals surface area (Å²) in [4.78, 5) is 4.42. The molecule has 0 radical (unpaired) electrons. The third-order valence-electron chi connectivity index (χ3n) is 18.1. The van der Waals surface area contributed by atoms with E-state index in [-0.39, 0.29) is 86.4 Å². The van der Waals surface area contributed by atoms with Crippen molar-refractivity contribution in [3.8, 4) is 16.9 Å². The minimum absolute atomic E-state index is 0.0111. The Balaban J connectivity index is 1.28. The van der Waals surface area contributed by atoms with E-state index < -0.39 is 23.0 Å². The third kappa shape index (κ3) is 6.00. The largest absolute Gasteiger partial charge is 0.460 e. The lowest BCUT2D eigenvalue weighted by molar-refractivity contribution is 0.195. The van der Waals surface area contributed by atoms with Gasteiger partial charge in [-0.15, -0.1) is 0 Å². The maximum Gasteiger partial charge on any atom is 0.252 e. The van der Waals surface area contributed by atoms with Gasteiger partial charge in [0.15, 0.2) is 0 Å². The average molecular weight is 955 g/mol. The number of fused-ring (bicyclic) bond motifs is 13. The van der Waals surface area contributed by atoms with Crippen LogP contribution in [0.3, 0.4) is 0 Å². The fourth-order valence-corrected chi connectivity index (χ4v) is 13.8. The predicted octanol–water partition coefficient (Wildman–Crippen LogP) is 16.2. The normalized spacial score (nSPS) is 22.1. The van der Waals surface area contributed by atoms with Gasteiger partial charge >= 0.3 is 0 Å². The van der Waals surface area contributed by atoms with Crippen LogP contribution in [0.2, 0.25) is 0 Å². The van der Waals surface area contributed by atoms with Crippen molar-refractivity contribution in [2.45, 2.75) is 174 Å². The molecule has 5 heteroatoms. The Bertz CT molecular complexity index is 4050. The molecule has 5 aliphatic rings. The molecule has 1 fully saturated rings. The number of hydrogen-bond donors (Lipinski definition) is 0. The molecular formula is C67H74BN3O. The molecule has 3 aliphatic heterocycles. The highest BCUT2D eigenvalue weighted by molar-refractivity contribution is 7.00. The molecule has 6 aromatic carbocycles. The highest BCUT2D eigenvalue weighted by atomic mass is 16.3. The van der Waals surface area contributed by atoms with Crippen LogP contribution in [0.1, 0.15) is 185 Å². The van der Waals surface area contributed by atoms with Crippen molar-refractivity contribution in [2.24, 2.45) is 0 Å². The topological polar surface area (TPSA) is 24.6 Å². The second-order valence-corrected chi connectivity index (χ2v) is 27.2. The Morgan fingerprint density at radius 1 is 0.597 bits per heavy atom. The van der Waals surface area contributed by atoms with Crippen molar-refractivity contribution < 1.29 is 14.0 Å². The highest BCUT2D eigenvalue weighted by Crippen LogP contribution is 2.63. The number of rotatable bonds is 2. The van der Waals surface area contributed by atoms with Gasteiger partial charge in [-0.3, -0.25) is 0 Å². The number of hydrogen-bond acceptors (Lipinski definition) is 3. The molecular weight excluding hydrogens is 874 g/mol. The number of anilines is 5. The van der Waals surface area contributed by atoms with Crippen molar-refractivity contribution in [3.63, 3.8) is 0 Å².